The van der Waals surface area contributed by atoms with Crippen molar-refractivity contribution >= 4 is 6.03 Å². The predicted molar refractivity (Wildman–Crippen MR) is 83.8 cm³/mol. The zero-order chi connectivity index (χ0) is 16.4. The third-order valence-corrected chi connectivity index (χ3v) is 4.67. The Kier molecular flexibility index (Phi) is 4.84. The van der Waals surface area contributed by atoms with Gasteiger partial charge in [0, 0.05) is 5.92 Å². The molecule has 2 amide bonds. The molecule has 0 saturated heterocycles. The molecule has 2 aliphatic rings. The van der Waals surface area contributed by atoms with Crippen LogP contribution in [0.2, 0.25) is 0 Å². The van der Waals surface area contributed by atoms with E-state index in [1.165, 1.54) is 0 Å². The van der Waals surface area contributed by atoms with Crippen LogP contribution in [0.5, 0.6) is 0 Å². The Bertz CT molecular complexity index is 541. The fourth-order valence-electron chi connectivity index (χ4n) is 3.03. The lowest BCUT2D eigenvalue weighted by molar-refractivity contribution is 0.0936. The number of aliphatic hydroxyl groups is 1. The fraction of sp³-hybridized carbons (Fsp3) is 0.812. The summed E-state index contributed by atoms with van der Waals surface area (Å²) in [6, 6.07) is -0.794. The molecule has 2 fully saturated rings. The second-order valence-corrected chi connectivity index (χ2v) is 7.06. The SMILES string of the molecule is CC(C)C(NC(=O)NC1CCCCC1O)c1nc(C2CC2)no1. The molecular formula is C16H26N4O3. The minimum Gasteiger partial charge on any atom is -0.391 e. The summed E-state index contributed by atoms with van der Waals surface area (Å²) >= 11 is 0. The van der Waals surface area contributed by atoms with Crippen LogP contribution >= 0.6 is 0 Å². The molecule has 7 nitrogen and oxygen atoms in total. The Hall–Kier alpha value is -1.63. The van der Waals surface area contributed by atoms with E-state index < -0.39 is 6.10 Å². The van der Waals surface area contributed by atoms with Crippen LogP contribution in [0, 0.1) is 5.92 Å². The molecular weight excluding hydrogens is 296 g/mol. The molecule has 7 heteroatoms. The summed E-state index contributed by atoms with van der Waals surface area (Å²) in [5.41, 5.74) is 0. The maximum absolute atomic E-state index is 12.3. The molecule has 0 radical (unpaired) electrons. The second kappa shape index (κ2) is 6.86. The quantitative estimate of drug-likeness (QED) is 0.772. The Morgan fingerprint density at radius 1 is 1.26 bits per heavy atom. The number of nitrogens with zero attached hydrogens (tertiary/aromatic N) is 2. The number of aromatic nitrogens is 2. The van der Waals surface area contributed by atoms with E-state index in [2.05, 4.69) is 20.8 Å². The van der Waals surface area contributed by atoms with Crippen LogP contribution in [0.4, 0.5) is 4.79 Å². The Morgan fingerprint density at radius 2 is 2.00 bits per heavy atom. The minimum atomic E-state index is -0.461. The van der Waals surface area contributed by atoms with E-state index in [4.69, 9.17) is 4.52 Å². The summed E-state index contributed by atoms with van der Waals surface area (Å²) in [5, 5.41) is 19.8. The highest BCUT2D eigenvalue weighted by molar-refractivity contribution is 5.74. The monoisotopic (exact) mass is 322 g/mol. The summed E-state index contributed by atoms with van der Waals surface area (Å²) in [5.74, 6) is 1.76. The van der Waals surface area contributed by atoms with Crippen molar-refractivity contribution in [2.75, 3.05) is 0 Å². The number of urea groups is 1. The molecule has 3 unspecified atom stereocenters. The van der Waals surface area contributed by atoms with Crippen molar-refractivity contribution in [2.24, 2.45) is 5.92 Å². The van der Waals surface area contributed by atoms with E-state index >= 15 is 0 Å². The molecule has 2 saturated carbocycles. The lowest BCUT2D eigenvalue weighted by Crippen LogP contribution is -2.50. The number of hydrogen-bond acceptors (Lipinski definition) is 5. The summed E-state index contributed by atoms with van der Waals surface area (Å²) in [4.78, 5) is 16.7. The number of nitrogens with one attached hydrogen (secondary N) is 2. The molecule has 0 bridgehead atoms. The molecule has 0 aromatic carbocycles. The highest BCUT2D eigenvalue weighted by atomic mass is 16.5. The first-order valence-electron chi connectivity index (χ1n) is 8.63. The molecule has 0 aliphatic heterocycles. The summed E-state index contributed by atoms with van der Waals surface area (Å²) in [6.45, 7) is 4.00. The number of carbonyl (C=O) groups excluding carboxylic acids is 1. The van der Waals surface area contributed by atoms with Crippen LogP contribution < -0.4 is 10.6 Å². The Labute approximate surface area is 136 Å². The van der Waals surface area contributed by atoms with Gasteiger partial charge in [0.15, 0.2) is 5.82 Å². The second-order valence-electron chi connectivity index (χ2n) is 7.06. The number of rotatable bonds is 5. The lowest BCUT2D eigenvalue weighted by Gasteiger charge is -2.29. The van der Waals surface area contributed by atoms with Crippen molar-refractivity contribution < 1.29 is 14.4 Å². The van der Waals surface area contributed by atoms with Gasteiger partial charge in [0.25, 0.3) is 0 Å². The minimum absolute atomic E-state index is 0.129. The van der Waals surface area contributed by atoms with Crippen LogP contribution in [-0.2, 0) is 0 Å². The van der Waals surface area contributed by atoms with Crippen molar-refractivity contribution in [3.8, 4) is 0 Å². The average Bonchev–Trinajstić information content (AvgIpc) is 3.25. The third kappa shape index (κ3) is 4.02. The molecule has 2 aliphatic carbocycles. The van der Waals surface area contributed by atoms with E-state index in [0.717, 1.165) is 44.3 Å². The lowest BCUT2D eigenvalue weighted by atomic mass is 9.93. The summed E-state index contributed by atoms with van der Waals surface area (Å²) in [6.07, 6.45) is 5.36. The van der Waals surface area contributed by atoms with Gasteiger partial charge in [0.2, 0.25) is 5.89 Å². The maximum Gasteiger partial charge on any atom is 0.315 e. The van der Waals surface area contributed by atoms with Crippen LogP contribution in [0.25, 0.3) is 0 Å². The number of aliphatic hydroxyl groups excluding tert-OH is 1. The van der Waals surface area contributed by atoms with Gasteiger partial charge < -0.3 is 20.3 Å². The van der Waals surface area contributed by atoms with Gasteiger partial charge >= 0.3 is 6.03 Å². The van der Waals surface area contributed by atoms with E-state index in [9.17, 15) is 9.90 Å². The van der Waals surface area contributed by atoms with Gasteiger partial charge in [-0.15, -0.1) is 0 Å². The summed E-state index contributed by atoms with van der Waals surface area (Å²) < 4.78 is 5.35. The molecule has 1 aromatic rings. The van der Waals surface area contributed by atoms with Crippen LogP contribution in [0.1, 0.15) is 76.0 Å². The topological polar surface area (TPSA) is 100 Å². The smallest absolute Gasteiger partial charge is 0.315 e. The Morgan fingerprint density at radius 3 is 2.65 bits per heavy atom. The number of carbonyl (C=O) groups is 1. The molecule has 3 N–H and O–H groups in total. The van der Waals surface area contributed by atoms with Gasteiger partial charge in [-0.1, -0.05) is 31.8 Å². The largest absolute Gasteiger partial charge is 0.391 e. The molecule has 128 valence electrons. The van der Waals surface area contributed by atoms with Crippen molar-refractivity contribution in [3.63, 3.8) is 0 Å². The molecule has 3 rings (SSSR count). The van der Waals surface area contributed by atoms with E-state index in [1.807, 2.05) is 13.8 Å². The van der Waals surface area contributed by atoms with Crippen LogP contribution in [0.15, 0.2) is 4.52 Å². The highest BCUT2D eigenvalue weighted by Crippen LogP contribution is 2.38. The van der Waals surface area contributed by atoms with Crippen molar-refractivity contribution in [2.45, 2.75) is 76.5 Å². The van der Waals surface area contributed by atoms with Gasteiger partial charge in [-0.25, -0.2) is 4.79 Å². The molecule has 23 heavy (non-hydrogen) atoms. The zero-order valence-electron chi connectivity index (χ0n) is 13.8. The first-order chi connectivity index (χ1) is 11.0. The Balaban J connectivity index is 1.60. The fourth-order valence-corrected chi connectivity index (χ4v) is 3.03. The van der Waals surface area contributed by atoms with Gasteiger partial charge in [0.05, 0.1) is 12.1 Å². The van der Waals surface area contributed by atoms with Crippen LogP contribution in [0.3, 0.4) is 0 Å². The van der Waals surface area contributed by atoms with Gasteiger partial charge in [-0.05, 0) is 31.6 Å². The van der Waals surface area contributed by atoms with Gasteiger partial charge in [-0.2, -0.15) is 4.98 Å². The maximum atomic E-state index is 12.3. The standard InChI is InChI=1S/C16H26N4O3/c1-9(2)13(15-19-14(20-23-15)10-7-8-10)18-16(22)17-11-5-3-4-6-12(11)21/h9-13,21H,3-8H2,1-2H3,(H2,17,18,22). The summed E-state index contributed by atoms with van der Waals surface area (Å²) in [7, 11) is 0. The zero-order valence-corrected chi connectivity index (χ0v) is 13.8. The number of hydrogen-bond donors (Lipinski definition) is 3. The number of amides is 2. The molecule has 3 atom stereocenters. The normalized spacial score (nSPS) is 26.1. The average molecular weight is 322 g/mol. The van der Waals surface area contributed by atoms with Gasteiger partial charge in [-0.3, -0.25) is 0 Å². The third-order valence-electron chi connectivity index (χ3n) is 4.67. The molecule has 1 aromatic heterocycles. The molecule has 0 spiro atoms. The van der Waals surface area contributed by atoms with Crippen molar-refractivity contribution in [3.05, 3.63) is 11.7 Å². The van der Waals surface area contributed by atoms with Crippen molar-refractivity contribution in [1.82, 2.24) is 20.8 Å². The highest BCUT2D eigenvalue weighted by Gasteiger charge is 2.32. The predicted octanol–water partition coefficient (Wildman–Crippen LogP) is 2.25. The first-order valence-corrected chi connectivity index (χ1v) is 8.63. The van der Waals surface area contributed by atoms with E-state index in [-0.39, 0.29) is 24.0 Å². The van der Waals surface area contributed by atoms with Gasteiger partial charge in [0.1, 0.15) is 6.04 Å². The molecule has 1 heterocycles. The van der Waals surface area contributed by atoms with E-state index in [1.54, 1.807) is 0 Å². The van der Waals surface area contributed by atoms with E-state index in [0.29, 0.717) is 11.8 Å². The van der Waals surface area contributed by atoms with Crippen LogP contribution in [-0.4, -0.2) is 33.4 Å². The van der Waals surface area contributed by atoms with Crippen molar-refractivity contribution in [1.29, 1.82) is 0 Å². The first kappa shape index (κ1) is 16.2.